The van der Waals surface area contributed by atoms with E-state index in [-0.39, 0.29) is 10.8 Å². The van der Waals surface area contributed by atoms with Gasteiger partial charge in [0.2, 0.25) is 5.69 Å². The van der Waals surface area contributed by atoms with E-state index in [9.17, 15) is 0 Å². The van der Waals surface area contributed by atoms with Crippen LogP contribution in [0.4, 0.5) is 5.69 Å². The van der Waals surface area contributed by atoms with Gasteiger partial charge in [-0.15, -0.1) is 0 Å². The fraction of sp³-hybridized carbons (Fsp3) is 0.387. The minimum Gasteiger partial charge on any atom is -0.195 e. The molecule has 1 aliphatic heterocycles. The molecule has 1 heterocycles. The van der Waals surface area contributed by atoms with Crippen LogP contribution in [0, 0.1) is 5.92 Å². The van der Waals surface area contributed by atoms with Crippen molar-refractivity contribution in [2.24, 2.45) is 5.92 Å². The normalized spacial score (nSPS) is 23.1. The maximum atomic E-state index is 2.45. The molecule has 1 atom stereocenters. The molecule has 2 aromatic carbocycles. The van der Waals surface area contributed by atoms with E-state index in [0.29, 0.717) is 5.92 Å². The first-order valence-corrected chi connectivity index (χ1v) is 12.2. The summed E-state index contributed by atoms with van der Waals surface area (Å²) in [6.07, 6.45) is 13.7. The number of hydrogen-bond donors (Lipinski definition) is 0. The monoisotopic (exact) mass is 424 g/mol. The van der Waals surface area contributed by atoms with Crippen molar-refractivity contribution in [1.82, 2.24) is 0 Å². The molecule has 32 heavy (non-hydrogen) atoms. The van der Waals surface area contributed by atoms with Gasteiger partial charge >= 0.3 is 0 Å². The lowest BCUT2D eigenvalue weighted by molar-refractivity contribution is -0.433. The van der Waals surface area contributed by atoms with Gasteiger partial charge in [0.1, 0.15) is 6.54 Å². The number of nitrogens with zero attached hydrogens (tertiary/aromatic N) is 1. The zero-order valence-corrected chi connectivity index (χ0v) is 20.7. The van der Waals surface area contributed by atoms with Crippen molar-refractivity contribution in [3.05, 3.63) is 101 Å². The van der Waals surface area contributed by atoms with Crippen molar-refractivity contribution in [3.8, 4) is 0 Å². The van der Waals surface area contributed by atoms with Crippen molar-refractivity contribution in [1.29, 1.82) is 0 Å². The fourth-order valence-corrected chi connectivity index (χ4v) is 5.87. The molecule has 0 spiro atoms. The highest BCUT2D eigenvalue weighted by Gasteiger charge is 2.43. The zero-order valence-electron chi connectivity index (χ0n) is 20.7. The van der Waals surface area contributed by atoms with Gasteiger partial charge in [0.05, 0.1) is 5.41 Å². The van der Waals surface area contributed by atoms with Crippen molar-refractivity contribution in [3.63, 3.8) is 0 Å². The zero-order chi connectivity index (χ0) is 22.9. The van der Waals surface area contributed by atoms with E-state index < -0.39 is 0 Å². The Balaban J connectivity index is 1.60. The molecule has 2 aliphatic rings. The van der Waals surface area contributed by atoms with Gasteiger partial charge in [-0.2, -0.15) is 4.58 Å². The first kappa shape index (κ1) is 22.5. The van der Waals surface area contributed by atoms with Gasteiger partial charge in [0, 0.05) is 23.1 Å². The highest BCUT2D eigenvalue weighted by atomic mass is 15.0. The van der Waals surface area contributed by atoms with Crippen LogP contribution in [0.25, 0.3) is 0 Å². The van der Waals surface area contributed by atoms with E-state index in [1.54, 1.807) is 0 Å². The van der Waals surface area contributed by atoms with E-state index in [4.69, 9.17) is 0 Å². The van der Waals surface area contributed by atoms with Crippen molar-refractivity contribution < 1.29 is 4.58 Å². The van der Waals surface area contributed by atoms with Crippen LogP contribution < -0.4 is 0 Å². The van der Waals surface area contributed by atoms with E-state index in [1.165, 1.54) is 46.5 Å². The first-order valence-electron chi connectivity index (χ1n) is 12.2. The van der Waals surface area contributed by atoms with E-state index in [0.717, 1.165) is 6.54 Å². The molecule has 1 aliphatic carbocycles. The Morgan fingerprint density at radius 2 is 1.56 bits per heavy atom. The molecule has 0 N–H and O–H groups in total. The van der Waals surface area contributed by atoms with Gasteiger partial charge in [-0.1, -0.05) is 93.1 Å². The minimum atomic E-state index is 0.0247. The van der Waals surface area contributed by atoms with Crippen LogP contribution in [0.1, 0.15) is 64.7 Å². The summed E-state index contributed by atoms with van der Waals surface area (Å²) in [5.41, 5.74) is 8.74. The molecule has 0 bridgehead atoms. The summed E-state index contributed by atoms with van der Waals surface area (Å²) in [5.74, 6) is 0.583. The van der Waals surface area contributed by atoms with Crippen LogP contribution >= 0.6 is 0 Å². The molecule has 1 unspecified atom stereocenters. The summed E-state index contributed by atoms with van der Waals surface area (Å²) in [4.78, 5) is 0. The highest BCUT2D eigenvalue weighted by Crippen LogP contribution is 2.42. The molecular weight excluding hydrogens is 386 g/mol. The standard InChI is InChI=1S/C31H38N/c1-7-32-28-19-14-13-18-27(28)31(5,6)29(32)20-10-8-9-16-25-23(2)21-22-24-15-11-12-17-26(24)30(25,3)4/h8-20,23H,7,21-22H2,1-6H3/q+1. The third kappa shape index (κ3) is 3.83. The molecule has 0 fully saturated rings. The number of hydrogen-bond acceptors (Lipinski definition) is 0. The van der Waals surface area contributed by atoms with Crippen LogP contribution in [0.2, 0.25) is 0 Å². The summed E-state index contributed by atoms with van der Waals surface area (Å²) >= 11 is 0. The lowest BCUT2D eigenvalue weighted by Crippen LogP contribution is -2.27. The first-order chi connectivity index (χ1) is 15.3. The molecule has 0 amide bonds. The summed E-state index contributed by atoms with van der Waals surface area (Å²) in [5, 5.41) is 0. The molecule has 1 nitrogen and oxygen atoms in total. The molecule has 0 saturated heterocycles. The molecule has 0 saturated carbocycles. The lowest BCUT2D eigenvalue weighted by atomic mass is 9.73. The fourth-order valence-electron chi connectivity index (χ4n) is 5.87. The average molecular weight is 425 g/mol. The Bertz CT molecular complexity index is 1120. The second-order valence-corrected chi connectivity index (χ2v) is 10.4. The molecule has 1 heteroatoms. The topological polar surface area (TPSA) is 3.01 Å². The average Bonchev–Trinajstić information content (AvgIpc) is 2.94. The Kier molecular flexibility index (Phi) is 6.12. The van der Waals surface area contributed by atoms with Crippen LogP contribution in [-0.4, -0.2) is 16.8 Å². The van der Waals surface area contributed by atoms with Crippen molar-refractivity contribution in [2.75, 3.05) is 6.54 Å². The van der Waals surface area contributed by atoms with Gasteiger partial charge in [-0.05, 0) is 50.7 Å². The van der Waals surface area contributed by atoms with Gasteiger partial charge in [0.25, 0.3) is 0 Å². The molecule has 4 rings (SSSR count). The third-order valence-electron chi connectivity index (χ3n) is 7.66. The number of allylic oxidation sites excluding steroid dienone is 6. The van der Waals surface area contributed by atoms with Crippen LogP contribution in [0.3, 0.4) is 0 Å². The molecule has 166 valence electrons. The van der Waals surface area contributed by atoms with E-state index in [2.05, 4.69) is 125 Å². The second kappa shape index (κ2) is 8.70. The minimum absolute atomic E-state index is 0.0247. The van der Waals surface area contributed by atoms with Crippen molar-refractivity contribution in [2.45, 2.75) is 65.2 Å². The van der Waals surface area contributed by atoms with Crippen LogP contribution in [0.5, 0.6) is 0 Å². The lowest BCUT2D eigenvalue weighted by Gasteiger charge is -2.31. The Morgan fingerprint density at radius 1 is 0.875 bits per heavy atom. The van der Waals surface area contributed by atoms with E-state index >= 15 is 0 Å². The summed E-state index contributed by atoms with van der Waals surface area (Å²) in [7, 11) is 0. The summed E-state index contributed by atoms with van der Waals surface area (Å²) < 4.78 is 2.45. The molecular formula is C31H38N+. The molecule has 0 aromatic heterocycles. The Morgan fingerprint density at radius 3 is 2.31 bits per heavy atom. The van der Waals surface area contributed by atoms with Gasteiger partial charge in [0.15, 0.2) is 5.71 Å². The van der Waals surface area contributed by atoms with Gasteiger partial charge in [-0.3, -0.25) is 0 Å². The Hall–Kier alpha value is -2.67. The van der Waals surface area contributed by atoms with Crippen LogP contribution in [0.15, 0.2) is 84.5 Å². The maximum absolute atomic E-state index is 2.45. The van der Waals surface area contributed by atoms with Gasteiger partial charge < -0.3 is 0 Å². The SMILES string of the molecule is CC[N+]1=C(C=CC=CC=C2C(C)CCc3ccccc3C2(C)C)C(C)(C)c2ccccc21. The predicted molar refractivity (Wildman–Crippen MR) is 138 cm³/mol. The third-order valence-corrected chi connectivity index (χ3v) is 7.66. The quantitative estimate of drug-likeness (QED) is 0.269. The Labute approximate surface area is 194 Å². The van der Waals surface area contributed by atoms with Crippen LogP contribution in [-0.2, 0) is 17.3 Å². The maximum Gasteiger partial charge on any atom is 0.209 e. The number of para-hydroxylation sites is 1. The largest absolute Gasteiger partial charge is 0.209 e. The molecule has 0 radical (unpaired) electrons. The summed E-state index contributed by atoms with van der Waals surface area (Å²) in [6.45, 7) is 15.0. The highest BCUT2D eigenvalue weighted by molar-refractivity contribution is 6.03. The molecule has 2 aromatic rings. The number of fused-ring (bicyclic) bond motifs is 2. The number of aryl methyl sites for hydroxylation is 1. The number of benzene rings is 2. The summed E-state index contributed by atoms with van der Waals surface area (Å²) in [6, 6.07) is 17.8. The smallest absolute Gasteiger partial charge is 0.195 e. The number of rotatable bonds is 4. The van der Waals surface area contributed by atoms with Gasteiger partial charge in [-0.25, -0.2) is 0 Å². The predicted octanol–water partition coefficient (Wildman–Crippen LogP) is 7.68. The second-order valence-electron chi connectivity index (χ2n) is 10.4. The van der Waals surface area contributed by atoms with E-state index in [1.807, 2.05) is 0 Å². The van der Waals surface area contributed by atoms with Crippen molar-refractivity contribution >= 4 is 11.4 Å².